The van der Waals surface area contributed by atoms with E-state index in [1.807, 2.05) is 13.8 Å². The van der Waals surface area contributed by atoms with Crippen molar-refractivity contribution in [2.45, 2.75) is 97.9 Å². The number of nitrogens with one attached hydrogen (secondary N) is 3. The molecular weight excluding hydrogens is 596 g/mol. The predicted molar refractivity (Wildman–Crippen MR) is 169 cm³/mol. The fraction of sp³-hybridized carbons (Fsp3) is 0.545. The molecule has 2 rings (SSSR count). The zero-order valence-electron chi connectivity index (χ0n) is 27.4. The Morgan fingerprint density at radius 3 is 2.04 bits per heavy atom. The lowest BCUT2D eigenvalue weighted by atomic mass is 9.93. The Balaban J connectivity index is 2.06. The van der Waals surface area contributed by atoms with Gasteiger partial charge < -0.3 is 25.8 Å². The second-order valence-electron chi connectivity index (χ2n) is 12.7. The van der Waals surface area contributed by atoms with Gasteiger partial charge >= 0.3 is 5.97 Å². The van der Waals surface area contributed by atoms with Gasteiger partial charge in [-0.2, -0.15) is 0 Å². The fourth-order valence-electron chi connectivity index (χ4n) is 4.60. The summed E-state index contributed by atoms with van der Waals surface area (Å²) in [5.74, 6) is -4.57. The predicted octanol–water partition coefficient (Wildman–Crippen LogP) is 2.17. The van der Waals surface area contributed by atoms with Gasteiger partial charge in [0.15, 0.2) is 5.78 Å². The second-order valence-corrected chi connectivity index (χ2v) is 12.7. The maximum absolute atomic E-state index is 13.3. The maximum atomic E-state index is 13.3. The number of anilines is 1. The van der Waals surface area contributed by atoms with E-state index in [1.165, 1.54) is 6.92 Å². The first-order valence-electron chi connectivity index (χ1n) is 15.4. The molecule has 13 nitrogen and oxygen atoms in total. The molecule has 0 fully saturated rings. The van der Waals surface area contributed by atoms with Gasteiger partial charge in [-0.3, -0.25) is 38.5 Å². The summed E-state index contributed by atoms with van der Waals surface area (Å²) in [6.45, 7) is 10.1. The van der Waals surface area contributed by atoms with Gasteiger partial charge in [0, 0.05) is 49.6 Å². The maximum Gasteiger partial charge on any atom is 0.306 e. The number of benzene rings is 1. The summed E-state index contributed by atoms with van der Waals surface area (Å²) in [5, 5.41) is 17.3. The van der Waals surface area contributed by atoms with Gasteiger partial charge in [-0.15, -0.1) is 0 Å². The highest BCUT2D eigenvalue weighted by Crippen LogP contribution is 2.20. The van der Waals surface area contributed by atoms with Gasteiger partial charge in [0.1, 0.15) is 11.6 Å². The van der Waals surface area contributed by atoms with E-state index in [0.29, 0.717) is 11.3 Å². The minimum atomic E-state index is -1.02. The number of carbonyl (C=O) groups is 7. The van der Waals surface area contributed by atoms with Crippen molar-refractivity contribution < 1.29 is 43.4 Å². The molecule has 0 radical (unpaired) electrons. The average Bonchev–Trinajstić information content (AvgIpc) is 3.29. The van der Waals surface area contributed by atoms with Crippen molar-refractivity contribution in [1.29, 1.82) is 0 Å². The van der Waals surface area contributed by atoms with Gasteiger partial charge in [-0.25, -0.2) is 0 Å². The third-order valence-corrected chi connectivity index (χ3v) is 7.00. The number of imide groups is 1. The Morgan fingerprint density at radius 2 is 1.50 bits per heavy atom. The Kier molecular flexibility index (Phi) is 14.3. The molecule has 0 saturated carbocycles. The standard InChI is InChI=1S/C33H46N4O9/c1-20(2)17-25(36-27(40)15-16-37-28(41)12-13-29(37)42)32(45)34-21(3)26(39)18-23(9-14-30(43)46-33(4,5)6)31(44)35-24-10-7-22(19-38)8-11-24/h7-8,10-13,20-21,23,25,38H,9,14-19H2,1-6H3,(H,34,45)(H,35,44)(H,36,40)/t21-,23+,25+/m0/s1. The minimum absolute atomic E-state index is 0.000342. The van der Waals surface area contributed by atoms with E-state index in [4.69, 9.17) is 4.74 Å². The molecule has 1 aliphatic rings. The van der Waals surface area contributed by atoms with Crippen LogP contribution < -0.4 is 16.0 Å². The number of Topliss-reactive ketones (excluding diaryl/α,β-unsaturated/α-hetero) is 1. The molecule has 1 aliphatic heterocycles. The normalized spacial score (nSPS) is 14.9. The van der Waals surface area contributed by atoms with E-state index in [1.54, 1.807) is 45.0 Å². The van der Waals surface area contributed by atoms with Crippen LogP contribution in [0.15, 0.2) is 36.4 Å². The highest BCUT2D eigenvalue weighted by Gasteiger charge is 2.30. The fourth-order valence-corrected chi connectivity index (χ4v) is 4.60. The molecule has 1 aromatic carbocycles. The Labute approximate surface area is 269 Å². The molecule has 252 valence electrons. The summed E-state index contributed by atoms with van der Waals surface area (Å²) < 4.78 is 5.35. The number of amides is 5. The molecular formula is C33H46N4O9. The zero-order valence-corrected chi connectivity index (χ0v) is 27.4. The number of hydrogen-bond donors (Lipinski definition) is 4. The van der Waals surface area contributed by atoms with Crippen molar-refractivity contribution in [3.8, 4) is 0 Å². The number of nitrogens with zero attached hydrogens (tertiary/aromatic N) is 1. The van der Waals surface area contributed by atoms with Crippen molar-refractivity contribution >= 4 is 47.0 Å². The molecule has 13 heteroatoms. The minimum Gasteiger partial charge on any atom is -0.460 e. The summed E-state index contributed by atoms with van der Waals surface area (Å²) in [7, 11) is 0. The number of ether oxygens (including phenoxy) is 1. The van der Waals surface area contributed by atoms with Crippen LogP contribution in [-0.4, -0.2) is 75.5 Å². The van der Waals surface area contributed by atoms with Crippen LogP contribution in [0.25, 0.3) is 0 Å². The Morgan fingerprint density at radius 1 is 0.891 bits per heavy atom. The third kappa shape index (κ3) is 12.9. The molecule has 1 heterocycles. The lowest BCUT2D eigenvalue weighted by molar-refractivity contribution is -0.155. The molecule has 46 heavy (non-hydrogen) atoms. The van der Waals surface area contributed by atoms with E-state index in [2.05, 4.69) is 16.0 Å². The van der Waals surface area contributed by atoms with Crippen LogP contribution >= 0.6 is 0 Å². The zero-order chi connectivity index (χ0) is 34.6. The lowest BCUT2D eigenvalue weighted by Crippen LogP contribution is -2.51. The summed E-state index contributed by atoms with van der Waals surface area (Å²) in [4.78, 5) is 89.2. The molecule has 0 spiro atoms. The quantitative estimate of drug-likeness (QED) is 0.146. The average molecular weight is 643 g/mol. The first kappa shape index (κ1) is 37.8. The molecule has 0 saturated heterocycles. The molecule has 1 aromatic rings. The van der Waals surface area contributed by atoms with Crippen molar-refractivity contribution in [3.05, 3.63) is 42.0 Å². The van der Waals surface area contributed by atoms with Crippen LogP contribution in [0, 0.1) is 11.8 Å². The van der Waals surface area contributed by atoms with Crippen LogP contribution in [0.2, 0.25) is 0 Å². The Hall–Kier alpha value is -4.39. The smallest absolute Gasteiger partial charge is 0.306 e. The summed E-state index contributed by atoms with van der Waals surface area (Å²) in [6.07, 6.45) is 1.93. The molecule has 0 aliphatic carbocycles. The summed E-state index contributed by atoms with van der Waals surface area (Å²) in [6, 6.07) is 4.50. The SMILES string of the molecule is CC(C)C[C@@H](NC(=O)CCN1C(=O)C=CC1=O)C(=O)N[C@@H](C)C(=O)C[C@@H](CCC(=O)OC(C)(C)C)C(=O)Nc1ccc(CO)cc1. The second kappa shape index (κ2) is 17.3. The first-order valence-corrected chi connectivity index (χ1v) is 15.4. The first-order chi connectivity index (χ1) is 21.5. The van der Waals surface area contributed by atoms with E-state index in [-0.39, 0.29) is 51.2 Å². The van der Waals surface area contributed by atoms with Crippen LogP contribution in [0.5, 0.6) is 0 Å². The van der Waals surface area contributed by atoms with E-state index in [0.717, 1.165) is 17.1 Å². The molecule has 0 aromatic heterocycles. The molecule has 5 amide bonds. The van der Waals surface area contributed by atoms with Gasteiger partial charge in [-0.1, -0.05) is 26.0 Å². The third-order valence-electron chi connectivity index (χ3n) is 7.00. The lowest BCUT2D eigenvalue weighted by Gasteiger charge is -2.24. The topological polar surface area (TPSA) is 188 Å². The van der Waals surface area contributed by atoms with E-state index < -0.39 is 64.9 Å². The molecule has 0 bridgehead atoms. The number of hydrogen-bond acceptors (Lipinski definition) is 9. The number of ketones is 1. The van der Waals surface area contributed by atoms with Gasteiger partial charge in [0.25, 0.3) is 11.8 Å². The van der Waals surface area contributed by atoms with Crippen molar-refractivity contribution in [2.75, 3.05) is 11.9 Å². The summed E-state index contributed by atoms with van der Waals surface area (Å²) >= 11 is 0. The number of aliphatic hydroxyl groups excluding tert-OH is 1. The van der Waals surface area contributed by atoms with Crippen LogP contribution in [-0.2, 0) is 44.9 Å². The molecule has 4 N–H and O–H groups in total. The number of rotatable bonds is 17. The van der Waals surface area contributed by atoms with E-state index >= 15 is 0 Å². The van der Waals surface area contributed by atoms with Crippen LogP contribution in [0.3, 0.4) is 0 Å². The molecule has 0 unspecified atom stereocenters. The van der Waals surface area contributed by atoms with Crippen LogP contribution in [0.4, 0.5) is 5.69 Å². The van der Waals surface area contributed by atoms with Crippen LogP contribution in [0.1, 0.15) is 79.2 Å². The molecule has 3 atom stereocenters. The van der Waals surface area contributed by atoms with Gasteiger partial charge in [0.05, 0.1) is 12.6 Å². The number of esters is 1. The monoisotopic (exact) mass is 642 g/mol. The van der Waals surface area contributed by atoms with Gasteiger partial charge in [-0.05, 0) is 64.2 Å². The highest BCUT2D eigenvalue weighted by molar-refractivity contribution is 6.13. The Bertz CT molecular complexity index is 1300. The van der Waals surface area contributed by atoms with Crippen molar-refractivity contribution in [2.24, 2.45) is 11.8 Å². The highest BCUT2D eigenvalue weighted by atomic mass is 16.6. The van der Waals surface area contributed by atoms with Crippen molar-refractivity contribution in [3.63, 3.8) is 0 Å². The van der Waals surface area contributed by atoms with Crippen molar-refractivity contribution in [1.82, 2.24) is 15.5 Å². The number of aliphatic hydroxyl groups is 1. The summed E-state index contributed by atoms with van der Waals surface area (Å²) in [5.41, 5.74) is 0.376. The largest absolute Gasteiger partial charge is 0.460 e. The van der Waals surface area contributed by atoms with Gasteiger partial charge in [0.2, 0.25) is 17.7 Å². The number of carbonyl (C=O) groups excluding carboxylic acids is 7. The van der Waals surface area contributed by atoms with E-state index in [9.17, 15) is 38.7 Å².